The molecule has 0 aliphatic carbocycles. The monoisotopic (exact) mass is 740 g/mol. The molecule has 5 heteroatoms. The second-order valence-electron chi connectivity index (χ2n) is 10.3. The molecular weight excluding hydrogens is 682 g/mol. The van der Waals surface area contributed by atoms with Crippen LogP contribution in [0.1, 0.15) is 117 Å². The van der Waals surface area contributed by atoms with E-state index < -0.39 is 11.9 Å². The van der Waals surface area contributed by atoms with Crippen molar-refractivity contribution in [2.45, 2.75) is 117 Å². The van der Waals surface area contributed by atoms with Crippen molar-refractivity contribution in [3.63, 3.8) is 0 Å². The predicted molar refractivity (Wildman–Crippen MR) is 192 cm³/mol. The number of rotatable bonds is 26. The number of hydrogen-bond acceptors (Lipinski definition) is 4. The van der Waals surface area contributed by atoms with E-state index in [0.717, 1.165) is 25.0 Å². The van der Waals surface area contributed by atoms with Crippen molar-refractivity contribution < 1.29 is 19.8 Å². The van der Waals surface area contributed by atoms with Crippen LogP contribution in [0.25, 0.3) is 0 Å². The minimum atomic E-state index is -1.18. The van der Waals surface area contributed by atoms with Gasteiger partial charge < -0.3 is 19.8 Å². The number of allylic oxidation sites excluding steroid dienone is 18. The topological polar surface area (TPSA) is 80.3 Å². The number of aliphatic carboxylic acids is 2. The van der Waals surface area contributed by atoms with Gasteiger partial charge in [0.2, 0.25) is 0 Å². The summed E-state index contributed by atoms with van der Waals surface area (Å²) in [5.74, 6) is -2.36. The second kappa shape index (κ2) is 44.0. The fraction of sp³-hybridized carbons (Fsp3) is 0.450. The van der Waals surface area contributed by atoms with Crippen molar-refractivity contribution in [3.8, 4) is 0 Å². The van der Waals surface area contributed by atoms with Gasteiger partial charge in [-0.25, -0.2) is 0 Å². The van der Waals surface area contributed by atoms with Crippen LogP contribution in [0.5, 0.6) is 0 Å². The van der Waals surface area contributed by atoms with Crippen molar-refractivity contribution in [1.82, 2.24) is 0 Å². The van der Waals surface area contributed by atoms with Gasteiger partial charge >= 0.3 is 48.9 Å². The number of unbranched alkanes of at least 4 members (excludes halogenated alkanes) is 14. The van der Waals surface area contributed by atoms with Crippen molar-refractivity contribution in [1.29, 1.82) is 0 Å². The average Bonchev–Trinajstić information content (AvgIpc) is 3.00. The van der Waals surface area contributed by atoms with Crippen LogP contribution in [0, 0.1) is 0 Å². The summed E-state index contributed by atoms with van der Waals surface area (Å²) >= 11 is 0. The van der Waals surface area contributed by atoms with Gasteiger partial charge in [0.15, 0.2) is 0 Å². The largest absolute Gasteiger partial charge is 2.00 e. The zero-order valence-corrected chi connectivity index (χ0v) is 32.6. The molecule has 0 saturated heterocycles. The first-order chi connectivity index (χ1) is 21.5. The molecule has 0 fully saturated rings. The first-order valence-corrected chi connectivity index (χ1v) is 16.6. The SMILES string of the molecule is CCCCCCCCCC=CC=CC=CC=CC=CC(=O)[O-].CCCCCCCCCC=CC=CC=CC=CC=CC(=O)[O-].[Ba+2]. The van der Waals surface area contributed by atoms with Crippen LogP contribution in [0.15, 0.2) is 122 Å². The molecule has 0 aliphatic rings. The third kappa shape index (κ3) is 51.8. The Morgan fingerprint density at radius 2 is 0.622 bits per heavy atom. The van der Waals surface area contributed by atoms with Crippen LogP contribution in [0.2, 0.25) is 0 Å². The molecule has 0 unspecified atom stereocenters. The maximum absolute atomic E-state index is 10.1. The van der Waals surface area contributed by atoms with Gasteiger partial charge in [-0.3, -0.25) is 0 Å². The molecule has 0 radical (unpaired) electrons. The van der Waals surface area contributed by atoms with E-state index in [4.69, 9.17) is 0 Å². The second-order valence-corrected chi connectivity index (χ2v) is 10.3. The normalized spacial score (nSPS) is 12.5. The molecule has 0 N–H and O–H groups in total. The maximum atomic E-state index is 10.1. The number of carboxylic acid groups (broad SMARTS) is 2. The molecule has 0 aliphatic heterocycles. The van der Waals surface area contributed by atoms with E-state index in [1.165, 1.54) is 102 Å². The first kappa shape index (κ1) is 47.3. The van der Waals surface area contributed by atoms with Crippen LogP contribution in [-0.4, -0.2) is 60.8 Å². The fourth-order valence-electron chi connectivity index (χ4n) is 3.83. The summed E-state index contributed by atoms with van der Waals surface area (Å²) in [6, 6.07) is 0. The predicted octanol–water partition coefficient (Wildman–Crippen LogP) is 8.94. The summed E-state index contributed by atoms with van der Waals surface area (Å²) in [6.45, 7) is 4.50. The minimum Gasteiger partial charge on any atom is -0.545 e. The molecule has 0 bridgehead atoms. The van der Waals surface area contributed by atoms with Crippen molar-refractivity contribution in [3.05, 3.63) is 122 Å². The third-order valence-electron chi connectivity index (χ3n) is 6.24. The number of carbonyl (C=O) groups excluding carboxylic acids is 2. The summed E-state index contributed by atoms with van der Waals surface area (Å²) in [7, 11) is 0. The maximum Gasteiger partial charge on any atom is 2.00 e. The first-order valence-electron chi connectivity index (χ1n) is 16.6. The molecule has 0 saturated carbocycles. The van der Waals surface area contributed by atoms with Crippen molar-refractivity contribution in [2.75, 3.05) is 0 Å². The van der Waals surface area contributed by atoms with Gasteiger partial charge in [0.25, 0.3) is 0 Å². The zero-order chi connectivity index (χ0) is 32.6. The van der Waals surface area contributed by atoms with Gasteiger partial charge in [-0.15, -0.1) is 0 Å². The van der Waals surface area contributed by atoms with E-state index in [-0.39, 0.29) is 48.9 Å². The van der Waals surface area contributed by atoms with Crippen molar-refractivity contribution >= 4 is 60.8 Å². The Morgan fingerprint density at radius 3 is 0.911 bits per heavy atom. The van der Waals surface area contributed by atoms with Crippen molar-refractivity contribution in [2.24, 2.45) is 0 Å². The van der Waals surface area contributed by atoms with Gasteiger partial charge in [0.05, 0.1) is 11.9 Å². The number of carbonyl (C=O) groups is 2. The molecule has 0 rings (SSSR count). The Hall–Kier alpha value is -2.09. The molecule has 0 aromatic carbocycles. The molecule has 0 atom stereocenters. The Kier molecular flexibility index (Phi) is 46.3. The van der Waals surface area contributed by atoms with Gasteiger partial charge in [0, 0.05) is 0 Å². The van der Waals surface area contributed by atoms with Crippen LogP contribution in [0.4, 0.5) is 0 Å². The summed E-state index contributed by atoms with van der Waals surface area (Å²) < 4.78 is 0. The van der Waals surface area contributed by atoms with E-state index >= 15 is 0 Å². The molecular formula is C40H58BaO4. The Labute approximate surface area is 316 Å². The summed E-state index contributed by atoms with van der Waals surface area (Å²) in [4.78, 5) is 20.2. The van der Waals surface area contributed by atoms with Gasteiger partial charge in [0.1, 0.15) is 0 Å². The van der Waals surface area contributed by atoms with Crippen LogP contribution in [-0.2, 0) is 9.59 Å². The Morgan fingerprint density at radius 1 is 0.378 bits per heavy atom. The van der Waals surface area contributed by atoms with E-state index in [9.17, 15) is 19.8 Å². The Balaban J connectivity index is -0.000000767. The molecule has 244 valence electrons. The summed E-state index contributed by atoms with van der Waals surface area (Å²) in [5.41, 5.74) is 0. The standard InChI is InChI=1S/2C20H30O2.Ba/c2*1-2-3-4-5-6-7-8-9-10-11-12-13-14-15-16-17-18-19-20(21)22;/h2*10-19H,2-9H2,1H3,(H,21,22);/q;;+2/p-2. The molecule has 0 heterocycles. The summed E-state index contributed by atoms with van der Waals surface area (Å²) in [6.07, 6.45) is 56.8. The van der Waals surface area contributed by atoms with Crippen LogP contribution >= 0.6 is 0 Å². The van der Waals surface area contributed by atoms with Gasteiger partial charge in [-0.1, -0.05) is 200 Å². The molecule has 45 heavy (non-hydrogen) atoms. The minimum absolute atomic E-state index is 0. The molecule has 0 spiro atoms. The number of carboxylic acids is 2. The molecule has 0 amide bonds. The summed E-state index contributed by atoms with van der Waals surface area (Å²) in [5, 5.41) is 20.2. The van der Waals surface area contributed by atoms with Gasteiger partial charge in [-0.2, -0.15) is 0 Å². The van der Waals surface area contributed by atoms with Crippen LogP contribution in [0.3, 0.4) is 0 Å². The quantitative estimate of drug-likeness (QED) is 0.0384. The molecule has 0 aromatic rings. The van der Waals surface area contributed by atoms with Crippen LogP contribution < -0.4 is 10.2 Å². The van der Waals surface area contributed by atoms with E-state index in [1.807, 2.05) is 48.6 Å². The Bertz CT molecular complexity index is 881. The third-order valence-corrected chi connectivity index (χ3v) is 6.24. The fourth-order valence-corrected chi connectivity index (χ4v) is 3.83. The van der Waals surface area contributed by atoms with E-state index in [2.05, 4.69) is 38.2 Å². The molecule has 0 aromatic heterocycles. The average molecular weight is 740 g/mol. The zero-order valence-electron chi connectivity index (χ0n) is 28.2. The van der Waals surface area contributed by atoms with E-state index in [1.54, 1.807) is 24.3 Å². The van der Waals surface area contributed by atoms with E-state index in [0.29, 0.717) is 0 Å². The molecule has 4 nitrogen and oxygen atoms in total. The smallest absolute Gasteiger partial charge is 0.545 e. The van der Waals surface area contributed by atoms with Gasteiger partial charge in [-0.05, 0) is 37.8 Å². The number of hydrogen-bond donors (Lipinski definition) is 0.